The van der Waals surface area contributed by atoms with E-state index in [9.17, 15) is 0 Å². The molecule has 0 unspecified atom stereocenters. The van der Waals surface area contributed by atoms with Crippen LogP contribution in [0, 0.1) is 0 Å². The highest BCUT2D eigenvalue weighted by atomic mass is 79.9. The Morgan fingerprint density at radius 2 is 1.93 bits per heavy atom. The molecule has 0 atom stereocenters. The molecule has 0 amide bonds. The van der Waals surface area contributed by atoms with Crippen molar-refractivity contribution >= 4 is 39.1 Å². The lowest BCUT2D eigenvalue weighted by Crippen LogP contribution is -2.16. The van der Waals surface area contributed by atoms with Crippen LogP contribution >= 0.6 is 39.1 Å². The topological polar surface area (TPSA) is 30.5 Å². The zero-order valence-electron chi connectivity index (χ0n) is 16.6. The first-order valence-electron chi connectivity index (χ1n) is 9.89. The molecule has 3 nitrogen and oxygen atoms in total. The van der Waals surface area contributed by atoms with Crippen LogP contribution in [0.5, 0.6) is 11.5 Å². The first-order valence-corrected chi connectivity index (χ1v) is 11.4. The van der Waals surface area contributed by atoms with Gasteiger partial charge in [-0.3, -0.25) is 0 Å². The van der Waals surface area contributed by atoms with Gasteiger partial charge in [0.15, 0.2) is 11.5 Å². The second-order valence-electron chi connectivity index (χ2n) is 7.13. The van der Waals surface area contributed by atoms with Gasteiger partial charge in [-0.05, 0) is 84.4 Å². The quantitative estimate of drug-likeness (QED) is 0.290. The third-order valence-corrected chi connectivity index (χ3v) is 6.35. The van der Waals surface area contributed by atoms with Crippen molar-refractivity contribution in [3.05, 3.63) is 67.6 Å². The lowest BCUT2D eigenvalue weighted by molar-refractivity contribution is 0.282. The van der Waals surface area contributed by atoms with Gasteiger partial charge in [0.2, 0.25) is 0 Å². The fraction of sp³-hybridized carbons (Fsp3) is 0.391. The van der Waals surface area contributed by atoms with E-state index in [-0.39, 0.29) is 6.61 Å². The van der Waals surface area contributed by atoms with Gasteiger partial charge in [0.1, 0.15) is 6.61 Å². The number of hydrogen-bond donors (Lipinski definition) is 1. The van der Waals surface area contributed by atoms with Crippen molar-refractivity contribution in [2.45, 2.75) is 45.3 Å². The molecule has 0 heterocycles. The van der Waals surface area contributed by atoms with Crippen LogP contribution in [-0.4, -0.2) is 13.7 Å². The highest BCUT2D eigenvalue weighted by Gasteiger charge is 2.14. The monoisotopic (exact) mass is 497 g/mol. The molecule has 6 heteroatoms. The van der Waals surface area contributed by atoms with E-state index in [1.165, 1.54) is 25.7 Å². The van der Waals surface area contributed by atoms with Gasteiger partial charge in [0.25, 0.3) is 0 Å². The van der Waals surface area contributed by atoms with Crippen molar-refractivity contribution in [2.24, 2.45) is 0 Å². The minimum atomic E-state index is 0.264. The number of methoxy groups -OCH3 is 1. The van der Waals surface area contributed by atoms with Gasteiger partial charge in [-0.25, -0.2) is 0 Å². The van der Waals surface area contributed by atoms with Gasteiger partial charge in [-0.2, -0.15) is 0 Å². The minimum absolute atomic E-state index is 0.264. The summed E-state index contributed by atoms with van der Waals surface area (Å²) in [5.41, 5.74) is 3.48. The molecule has 0 radical (unpaired) electrons. The summed E-state index contributed by atoms with van der Waals surface area (Å²) >= 11 is 16.1. The van der Waals surface area contributed by atoms with Crippen LogP contribution in [0.4, 0.5) is 0 Å². The van der Waals surface area contributed by atoms with Gasteiger partial charge >= 0.3 is 0 Å². The SMILES string of the molecule is COc1cc(CNCCC2=CCCCC2)cc(Br)c1OCc1c(Cl)cccc1Cl. The summed E-state index contributed by atoms with van der Waals surface area (Å²) in [6.45, 7) is 2.02. The molecule has 29 heavy (non-hydrogen) atoms. The largest absolute Gasteiger partial charge is 0.493 e. The van der Waals surface area contributed by atoms with Gasteiger partial charge in [-0.15, -0.1) is 0 Å². The van der Waals surface area contributed by atoms with E-state index in [0.717, 1.165) is 35.1 Å². The standard InChI is InChI=1S/C23H26BrCl2NO2/c1-28-22-13-17(14-27-11-10-16-6-3-2-4-7-16)12-19(24)23(22)29-15-18-20(25)8-5-9-21(18)26/h5-6,8-9,12-13,27H,2-4,7,10-11,14-15H2,1H3. The molecule has 2 aromatic rings. The molecular weight excluding hydrogens is 473 g/mol. The number of ether oxygens (including phenoxy) is 2. The number of nitrogens with one attached hydrogen (secondary N) is 1. The molecule has 0 aromatic heterocycles. The van der Waals surface area contributed by atoms with Crippen molar-refractivity contribution in [3.8, 4) is 11.5 Å². The predicted octanol–water partition coefficient (Wildman–Crippen LogP) is 7.32. The Morgan fingerprint density at radius 3 is 2.62 bits per heavy atom. The Labute approximate surface area is 191 Å². The molecular formula is C23H26BrCl2NO2. The van der Waals surface area contributed by atoms with Gasteiger partial charge in [-0.1, -0.05) is 40.9 Å². The van der Waals surface area contributed by atoms with E-state index in [1.807, 2.05) is 12.1 Å². The van der Waals surface area contributed by atoms with Crippen LogP contribution < -0.4 is 14.8 Å². The maximum absolute atomic E-state index is 6.24. The van der Waals surface area contributed by atoms with Gasteiger partial charge in [0, 0.05) is 22.2 Å². The molecule has 0 bridgehead atoms. The molecule has 0 saturated heterocycles. The number of rotatable bonds is 9. The number of benzene rings is 2. The molecule has 0 spiro atoms. The molecule has 0 aliphatic heterocycles. The van der Waals surface area contributed by atoms with Crippen LogP contribution in [0.15, 0.2) is 46.5 Å². The van der Waals surface area contributed by atoms with Crippen LogP contribution in [0.3, 0.4) is 0 Å². The zero-order chi connectivity index (χ0) is 20.6. The Hall–Kier alpha value is -1.20. The van der Waals surface area contributed by atoms with E-state index in [0.29, 0.717) is 21.5 Å². The summed E-state index contributed by atoms with van der Waals surface area (Å²) in [6, 6.07) is 9.48. The van der Waals surface area contributed by atoms with E-state index < -0.39 is 0 Å². The van der Waals surface area contributed by atoms with E-state index in [4.69, 9.17) is 32.7 Å². The Bertz CT molecular complexity index is 850. The average molecular weight is 499 g/mol. The second kappa shape index (κ2) is 11.3. The third kappa shape index (κ3) is 6.39. The van der Waals surface area contributed by atoms with Crippen LogP contribution in [0.2, 0.25) is 10.0 Å². The normalized spacial score (nSPS) is 13.9. The predicted molar refractivity (Wildman–Crippen MR) is 124 cm³/mol. The summed E-state index contributed by atoms with van der Waals surface area (Å²) in [5, 5.41) is 4.70. The zero-order valence-corrected chi connectivity index (χ0v) is 19.7. The summed E-state index contributed by atoms with van der Waals surface area (Å²) < 4.78 is 12.4. The highest BCUT2D eigenvalue weighted by molar-refractivity contribution is 9.10. The maximum Gasteiger partial charge on any atom is 0.175 e. The molecule has 2 aromatic carbocycles. The molecule has 0 fully saturated rings. The van der Waals surface area contributed by atoms with Crippen molar-refractivity contribution in [1.82, 2.24) is 5.32 Å². The van der Waals surface area contributed by atoms with Gasteiger partial charge in [0.05, 0.1) is 11.6 Å². The first kappa shape index (κ1) is 22.5. The molecule has 1 aliphatic carbocycles. The fourth-order valence-electron chi connectivity index (χ4n) is 3.44. The lowest BCUT2D eigenvalue weighted by Gasteiger charge is -2.16. The summed E-state index contributed by atoms with van der Waals surface area (Å²) in [6.07, 6.45) is 8.68. The lowest BCUT2D eigenvalue weighted by atomic mass is 9.97. The fourth-order valence-corrected chi connectivity index (χ4v) is 4.55. The summed E-state index contributed by atoms with van der Waals surface area (Å²) in [5.74, 6) is 1.31. The Balaban J connectivity index is 1.60. The second-order valence-corrected chi connectivity index (χ2v) is 8.80. The van der Waals surface area contributed by atoms with Crippen LogP contribution in [-0.2, 0) is 13.2 Å². The minimum Gasteiger partial charge on any atom is -0.493 e. The smallest absolute Gasteiger partial charge is 0.175 e. The van der Waals surface area contributed by atoms with Crippen molar-refractivity contribution in [2.75, 3.05) is 13.7 Å². The Morgan fingerprint density at radius 1 is 1.14 bits per heavy atom. The van der Waals surface area contributed by atoms with Crippen molar-refractivity contribution < 1.29 is 9.47 Å². The molecule has 1 N–H and O–H groups in total. The van der Waals surface area contributed by atoms with Crippen LogP contribution in [0.1, 0.15) is 43.2 Å². The van der Waals surface area contributed by atoms with Crippen LogP contribution in [0.25, 0.3) is 0 Å². The number of hydrogen-bond acceptors (Lipinski definition) is 3. The van der Waals surface area contributed by atoms with Crippen molar-refractivity contribution in [1.29, 1.82) is 0 Å². The van der Waals surface area contributed by atoms with E-state index >= 15 is 0 Å². The van der Waals surface area contributed by atoms with Gasteiger partial charge < -0.3 is 14.8 Å². The van der Waals surface area contributed by atoms with Crippen molar-refractivity contribution in [3.63, 3.8) is 0 Å². The molecule has 0 saturated carbocycles. The average Bonchev–Trinajstić information content (AvgIpc) is 2.72. The maximum atomic E-state index is 6.24. The third-order valence-electron chi connectivity index (χ3n) is 5.05. The molecule has 156 valence electrons. The van der Waals surface area contributed by atoms with E-state index in [2.05, 4.69) is 33.4 Å². The first-order chi connectivity index (χ1) is 14.1. The summed E-state index contributed by atoms with van der Waals surface area (Å²) in [7, 11) is 1.64. The Kier molecular flexibility index (Phi) is 8.73. The molecule has 3 rings (SSSR count). The highest BCUT2D eigenvalue weighted by Crippen LogP contribution is 2.38. The number of halogens is 3. The summed E-state index contributed by atoms with van der Waals surface area (Å²) in [4.78, 5) is 0. The molecule has 1 aliphatic rings. The van der Waals surface area contributed by atoms with E-state index in [1.54, 1.807) is 24.8 Å². The number of allylic oxidation sites excluding steroid dienone is 1.